The van der Waals surface area contributed by atoms with Gasteiger partial charge in [-0.05, 0) is 31.4 Å². The number of unbranched alkanes of at least 4 members (excludes halogenated alkanes) is 7. The van der Waals surface area contributed by atoms with Gasteiger partial charge in [-0.2, -0.15) is 0 Å². The second-order valence-electron chi connectivity index (χ2n) is 8.17. The van der Waals surface area contributed by atoms with Crippen LogP contribution in [0.3, 0.4) is 0 Å². The highest BCUT2D eigenvalue weighted by Crippen LogP contribution is 2.35. The van der Waals surface area contributed by atoms with Gasteiger partial charge in [0, 0.05) is 18.0 Å². The molecule has 0 bridgehead atoms. The van der Waals surface area contributed by atoms with Gasteiger partial charge in [-0.1, -0.05) is 65.7 Å². The highest BCUT2D eigenvalue weighted by Gasteiger charge is 2.19. The third kappa shape index (κ3) is 7.19. The summed E-state index contributed by atoms with van der Waals surface area (Å²) in [4.78, 5) is 13.3. The molecule has 0 N–H and O–H groups in total. The van der Waals surface area contributed by atoms with Crippen molar-refractivity contribution in [2.75, 3.05) is 20.3 Å². The van der Waals surface area contributed by atoms with Gasteiger partial charge in [-0.3, -0.25) is 4.79 Å². The monoisotopic (exact) mass is 431 g/mol. The minimum Gasteiger partial charge on any atom is -0.494 e. The number of fused-ring (bicyclic) bond motifs is 1. The first-order valence-corrected chi connectivity index (χ1v) is 12.2. The van der Waals surface area contributed by atoms with Crippen LogP contribution in [0.15, 0.2) is 23.0 Å². The molecule has 1 heterocycles. The molecule has 0 unspecified atom stereocenters. The van der Waals surface area contributed by atoms with E-state index in [1.165, 1.54) is 25.7 Å². The van der Waals surface area contributed by atoms with Gasteiger partial charge < -0.3 is 18.8 Å². The Labute approximate surface area is 187 Å². The van der Waals surface area contributed by atoms with Gasteiger partial charge in [0.15, 0.2) is 5.75 Å². The minimum absolute atomic E-state index is 0.124. The SMILES string of the molecule is CCCCCCCCn1c(=O)c(OC)c(OCCCC)c2ccc(OCCCC)cc21. The maximum Gasteiger partial charge on any atom is 0.297 e. The summed E-state index contributed by atoms with van der Waals surface area (Å²) < 4.78 is 19.3. The van der Waals surface area contributed by atoms with Crippen molar-refractivity contribution in [3.8, 4) is 17.2 Å². The highest BCUT2D eigenvalue weighted by atomic mass is 16.5. The van der Waals surface area contributed by atoms with Gasteiger partial charge in [0.2, 0.25) is 5.75 Å². The average Bonchev–Trinajstić information content (AvgIpc) is 2.78. The van der Waals surface area contributed by atoms with Crippen LogP contribution in [0.25, 0.3) is 10.9 Å². The van der Waals surface area contributed by atoms with E-state index in [2.05, 4.69) is 20.8 Å². The van der Waals surface area contributed by atoms with E-state index in [4.69, 9.17) is 14.2 Å². The van der Waals surface area contributed by atoms with Crippen LogP contribution in [-0.2, 0) is 6.54 Å². The van der Waals surface area contributed by atoms with E-state index >= 15 is 0 Å². The van der Waals surface area contributed by atoms with E-state index < -0.39 is 0 Å². The van der Waals surface area contributed by atoms with Crippen molar-refractivity contribution in [3.63, 3.8) is 0 Å². The lowest BCUT2D eigenvalue weighted by Crippen LogP contribution is -2.23. The first kappa shape index (κ1) is 25.1. The fraction of sp³-hybridized carbons (Fsp3) is 0.654. The van der Waals surface area contributed by atoms with Crippen LogP contribution in [0.2, 0.25) is 0 Å². The number of ether oxygens (including phenoxy) is 3. The second-order valence-corrected chi connectivity index (χ2v) is 8.17. The van der Waals surface area contributed by atoms with Gasteiger partial charge in [0.1, 0.15) is 5.75 Å². The molecule has 31 heavy (non-hydrogen) atoms. The number of pyridine rings is 1. The predicted octanol–water partition coefficient (Wildman–Crippen LogP) is 6.73. The van der Waals surface area contributed by atoms with Crippen molar-refractivity contribution in [2.45, 2.75) is 91.5 Å². The van der Waals surface area contributed by atoms with Crippen molar-refractivity contribution in [1.29, 1.82) is 0 Å². The van der Waals surface area contributed by atoms with E-state index in [9.17, 15) is 4.79 Å². The Hall–Kier alpha value is -2.17. The van der Waals surface area contributed by atoms with Crippen molar-refractivity contribution < 1.29 is 14.2 Å². The number of rotatable bonds is 16. The normalized spacial score (nSPS) is 11.1. The Morgan fingerprint density at radius 1 is 0.774 bits per heavy atom. The summed E-state index contributed by atoms with van der Waals surface area (Å²) in [5.74, 6) is 1.64. The summed E-state index contributed by atoms with van der Waals surface area (Å²) in [5, 5.41) is 0.904. The summed E-state index contributed by atoms with van der Waals surface area (Å²) in [7, 11) is 1.55. The van der Waals surface area contributed by atoms with Crippen molar-refractivity contribution >= 4 is 10.9 Å². The highest BCUT2D eigenvalue weighted by molar-refractivity contribution is 5.89. The molecule has 0 amide bonds. The van der Waals surface area contributed by atoms with Crippen LogP contribution < -0.4 is 19.8 Å². The molecule has 0 saturated carbocycles. The standard InChI is InChI=1S/C26H41NO4/c1-5-8-11-12-13-14-17-27-23-20-21(30-18-9-6-2)15-16-22(23)24(31-19-10-7-3)25(29-4)26(27)28/h15-16,20H,5-14,17-19H2,1-4H3. The summed E-state index contributed by atoms with van der Waals surface area (Å²) in [6, 6.07) is 5.94. The molecule has 0 spiro atoms. The molecule has 0 saturated heterocycles. The van der Waals surface area contributed by atoms with Crippen LogP contribution >= 0.6 is 0 Å². The number of benzene rings is 1. The minimum atomic E-state index is -0.124. The lowest BCUT2D eigenvalue weighted by atomic mass is 10.1. The van der Waals surface area contributed by atoms with Crippen LogP contribution in [-0.4, -0.2) is 24.9 Å². The van der Waals surface area contributed by atoms with E-state index in [0.717, 1.165) is 55.2 Å². The lowest BCUT2D eigenvalue weighted by molar-refractivity contribution is 0.288. The molecule has 5 nitrogen and oxygen atoms in total. The third-order valence-corrected chi connectivity index (χ3v) is 5.60. The lowest BCUT2D eigenvalue weighted by Gasteiger charge is -2.18. The molecule has 2 aromatic rings. The van der Waals surface area contributed by atoms with Crippen LogP contribution in [0.4, 0.5) is 0 Å². The molecule has 0 radical (unpaired) electrons. The van der Waals surface area contributed by atoms with E-state index in [0.29, 0.717) is 31.3 Å². The molecule has 0 aliphatic carbocycles. The molecule has 0 atom stereocenters. The Morgan fingerprint density at radius 2 is 1.42 bits per heavy atom. The Kier molecular flexibility index (Phi) is 11.3. The zero-order valence-corrected chi connectivity index (χ0v) is 20.0. The predicted molar refractivity (Wildman–Crippen MR) is 129 cm³/mol. The molecule has 5 heteroatoms. The number of hydrogen-bond donors (Lipinski definition) is 0. The Morgan fingerprint density at radius 3 is 2.10 bits per heavy atom. The van der Waals surface area contributed by atoms with Crippen molar-refractivity contribution in [2.24, 2.45) is 0 Å². The van der Waals surface area contributed by atoms with Gasteiger partial charge in [-0.25, -0.2) is 0 Å². The van der Waals surface area contributed by atoms with Crippen LogP contribution in [0.5, 0.6) is 17.2 Å². The quantitative estimate of drug-likeness (QED) is 0.277. The summed E-state index contributed by atoms with van der Waals surface area (Å²) in [6.07, 6.45) is 11.1. The Balaban J connectivity index is 2.39. The average molecular weight is 432 g/mol. The van der Waals surface area contributed by atoms with Crippen molar-refractivity contribution in [3.05, 3.63) is 28.6 Å². The zero-order chi connectivity index (χ0) is 22.5. The van der Waals surface area contributed by atoms with Gasteiger partial charge in [0.25, 0.3) is 5.56 Å². The molecule has 1 aromatic carbocycles. The van der Waals surface area contributed by atoms with Gasteiger partial charge in [0.05, 0.1) is 25.8 Å². The fourth-order valence-electron chi connectivity index (χ4n) is 3.72. The third-order valence-electron chi connectivity index (χ3n) is 5.60. The molecule has 0 fully saturated rings. The molecule has 174 valence electrons. The molecule has 0 aliphatic heterocycles. The largest absolute Gasteiger partial charge is 0.494 e. The summed E-state index contributed by atoms with van der Waals surface area (Å²) in [6.45, 7) is 8.41. The topological polar surface area (TPSA) is 49.7 Å². The molecule has 2 rings (SSSR count). The number of hydrogen-bond acceptors (Lipinski definition) is 4. The molecular formula is C26H41NO4. The maximum absolute atomic E-state index is 13.3. The second kappa shape index (κ2) is 14.0. The number of aryl methyl sites for hydroxylation is 1. The fourth-order valence-corrected chi connectivity index (χ4v) is 3.72. The first-order valence-electron chi connectivity index (χ1n) is 12.2. The smallest absolute Gasteiger partial charge is 0.297 e. The first-order chi connectivity index (χ1) is 15.2. The van der Waals surface area contributed by atoms with Crippen LogP contribution in [0, 0.1) is 0 Å². The van der Waals surface area contributed by atoms with E-state index in [1.54, 1.807) is 7.11 Å². The Bertz CT molecular complexity index is 843. The number of nitrogens with zero attached hydrogens (tertiary/aromatic N) is 1. The molecule has 0 aliphatic rings. The summed E-state index contributed by atoms with van der Waals surface area (Å²) >= 11 is 0. The number of aromatic nitrogens is 1. The van der Waals surface area contributed by atoms with Gasteiger partial charge in [-0.15, -0.1) is 0 Å². The summed E-state index contributed by atoms with van der Waals surface area (Å²) in [5.41, 5.74) is 0.737. The molecule has 1 aromatic heterocycles. The molecular weight excluding hydrogens is 390 g/mol. The maximum atomic E-state index is 13.3. The van der Waals surface area contributed by atoms with E-state index in [-0.39, 0.29) is 5.56 Å². The zero-order valence-electron chi connectivity index (χ0n) is 20.0. The van der Waals surface area contributed by atoms with E-state index in [1.807, 2.05) is 22.8 Å². The number of methoxy groups -OCH3 is 1. The van der Waals surface area contributed by atoms with Crippen LogP contribution in [0.1, 0.15) is 85.0 Å². The van der Waals surface area contributed by atoms with Gasteiger partial charge >= 0.3 is 0 Å². The van der Waals surface area contributed by atoms with Crippen molar-refractivity contribution in [1.82, 2.24) is 4.57 Å².